The zero-order valence-electron chi connectivity index (χ0n) is 10.9. The van der Waals surface area contributed by atoms with Crippen LogP contribution in [0.4, 0.5) is 5.82 Å². The number of anilines is 1. The first-order valence-electron chi connectivity index (χ1n) is 6.53. The van der Waals surface area contributed by atoms with Crippen molar-refractivity contribution >= 4 is 11.8 Å². The molecule has 3 atom stereocenters. The Morgan fingerprint density at radius 2 is 2.11 bits per heavy atom. The Balaban J connectivity index is 2.01. The molecule has 1 aromatic rings. The Labute approximate surface area is 107 Å². The van der Waals surface area contributed by atoms with Crippen LogP contribution in [0, 0.1) is 11.8 Å². The van der Waals surface area contributed by atoms with Crippen LogP contribution >= 0.6 is 0 Å². The molecule has 2 rings (SSSR count). The number of hydrogen-bond donors (Lipinski definition) is 2. The van der Waals surface area contributed by atoms with E-state index in [9.17, 15) is 4.79 Å². The third kappa shape index (κ3) is 3.00. The zero-order valence-corrected chi connectivity index (χ0v) is 10.9. The van der Waals surface area contributed by atoms with Crippen molar-refractivity contribution in [2.24, 2.45) is 11.8 Å². The van der Waals surface area contributed by atoms with Gasteiger partial charge >= 0.3 is 5.97 Å². The molecule has 4 heteroatoms. The van der Waals surface area contributed by atoms with Gasteiger partial charge in [0.1, 0.15) is 5.82 Å². The normalized spacial score (nSPS) is 27.8. The van der Waals surface area contributed by atoms with Crippen molar-refractivity contribution in [3.63, 3.8) is 0 Å². The van der Waals surface area contributed by atoms with Crippen molar-refractivity contribution in [1.82, 2.24) is 4.98 Å². The highest BCUT2D eigenvalue weighted by Gasteiger charge is 2.24. The van der Waals surface area contributed by atoms with Crippen LogP contribution in [0.15, 0.2) is 18.2 Å². The fourth-order valence-electron chi connectivity index (χ4n) is 2.52. The van der Waals surface area contributed by atoms with E-state index in [-0.39, 0.29) is 5.69 Å². The van der Waals surface area contributed by atoms with Gasteiger partial charge in [0.2, 0.25) is 0 Å². The maximum Gasteiger partial charge on any atom is 0.354 e. The molecule has 2 N–H and O–H groups in total. The lowest BCUT2D eigenvalue weighted by Crippen LogP contribution is -2.30. The molecule has 1 aromatic heterocycles. The predicted molar refractivity (Wildman–Crippen MR) is 70.8 cm³/mol. The quantitative estimate of drug-likeness (QED) is 0.863. The van der Waals surface area contributed by atoms with Gasteiger partial charge < -0.3 is 10.4 Å². The summed E-state index contributed by atoms with van der Waals surface area (Å²) >= 11 is 0. The highest BCUT2D eigenvalue weighted by atomic mass is 16.4. The Morgan fingerprint density at radius 1 is 1.33 bits per heavy atom. The monoisotopic (exact) mass is 248 g/mol. The minimum atomic E-state index is -0.982. The molecule has 98 valence electrons. The number of pyridine rings is 1. The van der Waals surface area contributed by atoms with Gasteiger partial charge in [0.25, 0.3) is 0 Å². The smallest absolute Gasteiger partial charge is 0.354 e. The first kappa shape index (κ1) is 12.9. The topological polar surface area (TPSA) is 62.2 Å². The second kappa shape index (κ2) is 5.38. The summed E-state index contributed by atoms with van der Waals surface area (Å²) in [5, 5.41) is 12.3. The van der Waals surface area contributed by atoms with Gasteiger partial charge in [-0.25, -0.2) is 9.78 Å². The molecule has 1 aliphatic carbocycles. The van der Waals surface area contributed by atoms with Crippen molar-refractivity contribution < 1.29 is 9.90 Å². The van der Waals surface area contributed by atoms with Crippen molar-refractivity contribution in [2.45, 2.75) is 39.2 Å². The fraction of sp³-hybridized carbons (Fsp3) is 0.571. The summed E-state index contributed by atoms with van der Waals surface area (Å²) in [6.45, 7) is 4.57. The average molecular weight is 248 g/mol. The first-order chi connectivity index (χ1) is 8.56. The highest BCUT2D eigenvalue weighted by Crippen LogP contribution is 2.30. The largest absolute Gasteiger partial charge is 0.477 e. The van der Waals surface area contributed by atoms with E-state index in [0.29, 0.717) is 17.8 Å². The standard InChI is InChI=1S/C14H20N2O2/c1-9-6-7-11(8-10(9)2)15-13-5-3-4-12(16-13)14(17)18/h3-5,9-11H,6-8H2,1-2H3,(H,15,16)(H,17,18). The number of rotatable bonds is 3. The maximum absolute atomic E-state index is 10.9. The minimum Gasteiger partial charge on any atom is -0.477 e. The number of hydrogen-bond acceptors (Lipinski definition) is 3. The van der Waals surface area contributed by atoms with E-state index in [2.05, 4.69) is 24.1 Å². The number of aromatic nitrogens is 1. The molecule has 1 fully saturated rings. The van der Waals surface area contributed by atoms with Gasteiger partial charge in [-0.3, -0.25) is 0 Å². The van der Waals surface area contributed by atoms with E-state index in [1.165, 1.54) is 12.5 Å². The summed E-state index contributed by atoms with van der Waals surface area (Å²) < 4.78 is 0. The van der Waals surface area contributed by atoms with E-state index in [1.807, 2.05) is 6.07 Å². The van der Waals surface area contributed by atoms with Crippen molar-refractivity contribution in [3.8, 4) is 0 Å². The number of carbonyl (C=O) groups is 1. The molecule has 0 bridgehead atoms. The molecule has 0 aliphatic heterocycles. The number of nitrogens with zero attached hydrogens (tertiary/aromatic N) is 1. The lowest BCUT2D eigenvalue weighted by Gasteiger charge is -2.32. The third-order valence-electron chi connectivity index (χ3n) is 3.92. The van der Waals surface area contributed by atoms with Gasteiger partial charge in [0.15, 0.2) is 5.69 Å². The van der Waals surface area contributed by atoms with E-state index in [4.69, 9.17) is 5.11 Å². The van der Waals surface area contributed by atoms with Crippen LogP contribution in [0.1, 0.15) is 43.6 Å². The van der Waals surface area contributed by atoms with Crippen molar-refractivity contribution in [2.75, 3.05) is 5.32 Å². The molecule has 0 amide bonds. The van der Waals surface area contributed by atoms with Gasteiger partial charge in [-0.05, 0) is 43.2 Å². The van der Waals surface area contributed by atoms with Crippen molar-refractivity contribution in [3.05, 3.63) is 23.9 Å². The van der Waals surface area contributed by atoms with E-state index in [0.717, 1.165) is 18.8 Å². The molecule has 18 heavy (non-hydrogen) atoms. The molecular weight excluding hydrogens is 228 g/mol. The minimum absolute atomic E-state index is 0.0947. The number of nitrogens with one attached hydrogen (secondary N) is 1. The van der Waals surface area contributed by atoms with E-state index < -0.39 is 5.97 Å². The Hall–Kier alpha value is -1.58. The summed E-state index contributed by atoms with van der Waals surface area (Å²) in [5.74, 6) is 1.17. The Bertz CT molecular complexity index is 434. The van der Waals surface area contributed by atoms with Gasteiger partial charge in [-0.1, -0.05) is 19.9 Å². The molecule has 0 radical (unpaired) electrons. The van der Waals surface area contributed by atoms with Crippen LogP contribution in [-0.4, -0.2) is 22.1 Å². The fourth-order valence-corrected chi connectivity index (χ4v) is 2.52. The molecule has 0 aromatic carbocycles. The number of aromatic carboxylic acids is 1. The summed E-state index contributed by atoms with van der Waals surface area (Å²) in [5.41, 5.74) is 0.0947. The van der Waals surface area contributed by atoms with Crippen LogP contribution in [0.2, 0.25) is 0 Å². The molecule has 1 heterocycles. The lowest BCUT2D eigenvalue weighted by atomic mass is 9.79. The van der Waals surface area contributed by atoms with Crippen molar-refractivity contribution in [1.29, 1.82) is 0 Å². The Morgan fingerprint density at radius 3 is 2.78 bits per heavy atom. The van der Waals surface area contributed by atoms with Gasteiger partial charge in [-0.15, -0.1) is 0 Å². The summed E-state index contributed by atoms with van der Waals surface area (Å²) in [7, 11) is 0. The number of carboxylic acid groups (broad SMARTS) is 1. The van der Waals surface area contributed by atoms with Gasteiger partial charge in [-0.2, -0.15) is 0 Å². The average Bonchev–Trinajstić information content (AvgIpc) is 2.34. The Kier molecular flexibility index (Phi) is 3.84. The molecule has 0 saturated heterocycles. The SMILES string of the molecule is CC1CCC(Nc2cccc(C(=O)O)n2)CC1C. The summed E-state index contributed by atoms with van der Waals surface area (Å²) in [6, 6.07) is 5.48. The molecule has 1 saturated carbocycles. The lowest BCUT2D eigenvalue weighted by molar-refractivity contribution is 0.0690. The molecule has 0 spiro atoms. The second-order valence-electron chi connectivity index (χ2n) is 5.32. The second-order valence-corrected chi connectivity index (χ2v) is 5.32. The number of carboxylic acids is 1. The highest BCUT2D eigenvalue weighted by molar-refractivity contribution is 5.85. The predicted octanol–water partition coefficient (Wildman–Crippen LogP) is 3.02. The van der Waals surface area contributed by atoms with Crippen LogP contribution in [0.25, 0.3) is 0 Å². The first-order valence-corrected chi connectivity index (χ1v) is 6.53. The van der Waals surface area contributed by atoms with Crippen LogP contribution in [0.3, 0.4) is 0 Å². The third-order valence-corrected chi connectivity index (χ3v) is 3.92. The summed E-state index contributed by atoms with van der Waals surface area (Å²) in [4.78, 5) is 14.9. The van der Waals surface area contributed by atoms with Crippen LogP contribution in [0.5, 0.6) is 0 Å². The molecule has 1 aliphatic rings. The van der Waals surface area contributed by atoms with Gasteiger partial charge in [0.05, 0.1) is 0 Å². The van der Waals surface area contributed by atoms with Gasteiger partial charge in [0, 0.05) is 6.04 Å². The van der Waals surface area contributed by atoms with E-state index in [1.54, 1.807) is 6.07 Å². The van der Waals surface area contributed by atoms with Crippen LogP contribution < -0.4 is 5.32 Å². The molecule has 4 nitrogen and oxygen atoms in total. The zero-order chi connectivity index (χ0) is 13.1. The molecule has 3 unspecified atom stereocenters. The van der Waals surface area contributed by atoms with Crippen LogP contribution in [-0.2, 0) is 0 Å². The molecular formula is C14H20N2O2. The maximum atomic E-state index is 10.9. The summed E-state index contributed by atoms with van der Waals surface area (Å²) in [6.07, 6.45) is 3.47. The van der Waals surface area contributed by atoms with E-state index >= 15 is 0 Å².